The summed E-state index contributed by atoms with van der Waals surface area (Å²) in [5, 5.41) is 2.77. The molecule has 0 aliphatic heterocycles. The average Bonchev–Trinajstić information content (AvgIpc) is 1.81. The lowest BCUT2D eigenvalue weighted by Crippen LogP contribution is -2.01. The van der Waals surface area contributed by atoms with Crippen molar-refractivity contribution in [3.63, 3.8) is 0 Å². The minimum absolute atomic E-state index is 0.428. The van der Waals surface area contributed by atoms with Gasteiger partial charge in [0.05, 0.1) is 6.20 Å². The van der Waals surface area contributed by atoms with Crippen molar-refractivity contribution >= 4 is 0 Å². The summed E-state index contributed by atoms with van der Waals surface area (Å²) in [4.78, 5) is 9.90. The maximum atomic E-state index is 9.90. The Bertz CT molecular complexity index is 126. The van der Waals surface area contributed by atoms with Crippen molar-refractivity contribution in [1.82, 2.24) is 0 Å². The van der Waals surface area contributed by atoms with Gasteiger partial charge in [0, 0.05) is 0 Å². The zero-order chi connectivity index (χ0) is 8.15. The van der Waals surface area contributed by atoms with Crippen LogP contribution in [0.3, 0.4) is 0 Å². The summed E-state index contributed by atoms with van der Waals surface area (Å²) in [6.45, 7) is 8.27. The molecule has 58 valence electrons. The molecule has 2 nitrogen and oxygen atoms in total. The van der Waals surface area contributed by atoms with E-state index in [0.29, 0.717) is 11.8 Å². The van der Waals surface area contributed by atoms with E-state index in [1.165, 1.54) is 6.20 Å². The highest BCUT2D eigenvalue weighted by atomic mass is 16.2. The molecule has 0 amide bonds. The Morgan fingerprint density at radius 3 is 1.70 bits per heavy atom. The summed E-state index contributed by atoms with van der Waals surface area (Å²) < 4.78 is 0. The van der Waals surface area contributed by atoms with Crippen LogP contribution >= 0.6 is 0 Å². The van der Waals surface area contributed by atoms with Crippen molar-refractivity contribution in [2.45, 2.75) is 27.7 Å². The van der Waals surface area contributed by atoms with Crippen molar-refractivity contribution < 1.29 is 0 Å². The first kappa shape index (κ1) is 9.34. The van der Waals surface area contributed by atoms with E-state index in [4.69, 9.17) is 0 Å². The first-order valence-corrected chi connectivity index (χ1v) is 3.62. The van der Waals surface area contributed by atoms with Gasteiger partial charge in [0.25, 0.3) is 0 Å². The zero-order valence-corrected chi connectivity index (χ0v) is 7.09. The Morgan fingerprint density at radius 1 is 1.20 bits per heavy atom. The summed E-state index contributed by atoms with van der Waals surface area (Å²) in [6.07, 6.45) is 1.43. The van der Waals surface area contributed by atoms with Gasteiger partial charge in [0.15, 0.2) is 0 Å². The molecular weight excluding hydrogens is 126 g/mol. The van der Waals surface area contributed by atoms with Crippen LogP contribution < -0.4 is 0 Å². The third-order valence-corrected chi connectivity index (χ3v) is 1.54. The summed E-state index contributed by atoms with van der Waals surface area (Å²) >= 11 is 0. The van der Waals surface area contributed by atoms with Gasteiger partial charge in [-0.3, -0.25) is 0 Å². The fraction of sp³-hybridized carbons (Fsp3) is 0.750. The van der Waals surface area contributed by atoms with Crippen LogP contribution in [0.25, 0.3) is 0 Å². The van der Waals surface area contributed by atoms with E-state index in [0.717, 1.165) is 5.57 Å². The molecule has 0 aliphatic rings. The number of hydrogen-bond acceptors (Lipinski definition) is 2. The Balaban J connectivity index is 4.26. The van der Waals surface area contributed by atoms with E-state index >= 15 is 0 Å². The van der Waals surface area contributed by atoms with Gasteiger partial charge >= 0.3 is 0 Å². The molecule has 0 atom stereocenters. The second-order valence-corrected chi connectivity index (χ2v) is 3.04. The van der Waals surface area contributed by atoms with Crippen LogP contribution in [0.1, 0.15) is 27.7 Å². The molecule has 0 saturated heterocycles. The molecule has 10 heavy (non-hydrogen) atoms. The fourth-order valence-corrected chi connectivity index (χ4v) is 1.03. The maximum Gasteiger partial charge on any atom is 0.0712 e. The lowest BCUT2D eigenvalue weighted by molar-refractivity contribution is 0.623. The molecule has 0 aromatic carbocycles. The Kier molecular flexibility index (Phi) is 3.93. The SMILES string of the molecule is CC(C)C(=CN=O)C(C)C. The third kappa shape index (κ3) is 2.76. The quantitative estimate of drug-likeness (QED) is 0.555. The van der Waals surface area contributed by atoms with Gasteiger partial charge in [0.2, 0.25) is 0 Å². The first-order chi connectivity index (χ1) is 4.59. The predicted octanol–water partition coefficient (Wildman–Crippen LogP) is 2.95. The zero-order valence-electron chi connectivity index (χ0n) is 7.09. The minimum atomic E-state index is 0.428. The first-order valence-electron chi connectivity index (χ1n) is 3.62. The number of allylic oxidation sites excluding steroid dienone is 1. The Labute approximate surface area is 62.3 Å². The Hall–Kier alpha value is -0.660. The lowest BCUT2D eigenvalue weighted by atomic mass is 9.94. The molecule has 0 aromatic rings. The molecule has 0 bridgehead atoms. The van der Waals surface area contributed by atoms with E-state index in [1.807, 2.05) is 0 Å². The highest BCUT2D eigenvalue weighted by molar-refractivity contribution is 5.06. The van der Waals surface area contributed by atoms with Gasteiger partial charge in [-0.25, -0.2) is 0 Å². The van der Waals surface area contributed by atoms with Gasteiger partial charge in [-0.2, -0.15) is 0 Å². The second kappa shape index (κ2) is 4.20. The molecule has 0 fully saturated rings. The molecule has 0 unspecified atom stereocenters. The van der Waals surface area contributed by atoms with Gasteiger partial charge in [-0.15, -0.1) is 4.91 Å². The summed E-state index contributed by atoms with van der Waals surface area (Å²) in [5.74, 6) is 0.857. The van der Waals surface area contributed by atoms with Crippen LogP contribution in [-0.4, -0.2) is 0 Å². The third-order valence-electron chi connectivity index (χ3n) is 1.54. The number of nitroso groups, excluding NO2 is 1. The van der Waals surface area contributed by atoms with Crippen LogP contribution in [0.5, 0.6) is 0 Å². The molecule has 0 N–H and O–H groups in total. The van der Waals surface area contributed by atoms with Crippen LogP contribution in [-0.2, 0) is 0 Å². The molecule has 0 aromatic heterocycles. The smallest absolute Gasteiger partial charge is 0.0712 e. The Morgan fingerprint density at radius 2 is 1.60 bits per heavy atom. The molecule has 0 spiro atoms. The molecule has 0 radical (unpaired) electrons. The largest absolute Gasteiger partial charge is 0.145 e. The second-order valence-electron chi connectivity index (χ2n) is 3.04. The monoisotopic (exact) mass is 141 g/mol. The lowest BCUT2D eigenvalue weighted by Gasteiger charge is -2.12. The van der Waals surface area contributed by atoms with Crippen LogP contribution in [0.4, 0.5) is 0 Å². The number of rotatable bonds is 3. The van der Waals surface area contributed by atoms with E-state index in [2.05, 4.69) is 32.9 Å². The fourth-order valence-electron chi connectivity index (χ4n) is 1.03. The van der Waals surface area contributed by atoms with Gasteiger partial charge in [-0.05, 0) is 22.6 Å². The minimum Gasteiger partial charge on any atom is -0.145 e. The number of nitrogens with zero attached hydrogens (tertiary/aromatic N) is 1. The molecule has 0 aliphatic carbocycles. The predicted molar refractivity (Wildman–Crippen MR) is 43.6 cm³/mol. The topological polar surface area (TPSA) is 29.4 Å². The molecule has 2 heteroatoms. The van der Waals surface area contributed by atoms with Crippen molar-refractivity contribution in [3.8, 4) is 0 Å². The standard InChI is InChI=1S/C8H15NO/c1-6(2)8(5-9-10)7(3)4/h5-7H,1-4H3. The van der Waals surface area contributed by atoms with Gasteiger partial charge in [-0.1, -0.05) is 27.7 Å². The van der Waals surface area contributed by atoms with Crippen LogP contribution in [0, 0.1) is 16.7 Å². The summed E-state index contributed by atoms with van der Waals surface area (Å²) in [6, 6.07) is 0. The van der Waals surface area contributed by atoms with Crippen molar-refractivity contribution in [1.29, 1.82) is 0 Å². The van der Waals surface area contributed by atoms with E-state index in [1.54, 1.807) is 0 Å². The van der Waals surface area contributed by atoms with E-state index < -0.39 is 0 Å². The normalized spacial score (nSPS) is 10.2. The molecule has 0 heterocycles. The molecule has 0 rings (SSSR count). The average molecular weight is 141 g/mol. The summed E-state index contributed by atoms with van der Waals surface area (Å²) in [7, 11) is 0. The van der Waals surface area contributed by atoms with E-state index in [9.17, 15) is 4.91 Å². The van der Waals surface area contributed by atoms with Crippen molar-refractivity contribution in [2.24, 2.45) is 17.0 Å². The van der Waals surface area contributed by atoms with Crippen molar-refractivity contribution in [3.05, 3.63) is 16.7 Å². The van der Waals surface area contributed by atoms with Gasteiger partial charge < -0.3 is 0 Å². The number of hydrogen-bond donors (Lipinski definition) is 0. The highest BCUT2D eigenvalue weighted by Gasteiger charge is 2.06. The molecule has 0 saturated carbocycles. The summed E-state index contributed by atoms with van der Waals surface area (Å²) in [5.41, 5.74) is 1.12. The highest BCUT2D eigenvalue weighted by Crippen LogP contribution is 2.18. The van der Waals surface area contributed by atoms with Crippen molar-refractivity contribution in [2.75, 3.05) is 0 Å². The molecular formula is C8H15NO. The maximum absolute atomic E-state index is 9.90. The van der Waals surface area contributed by atoms with Crippen LogP contribution in [0.15, 0.2) is 16.9 Å². The van der Waals surface area contributed by atoms with Gasteiger partial charge in [0.1, 0.15) is 0 Å². The van der Waals surface area contributed by atoms with E-state index in [-0.39, 0.29) is 0 Å². The van der Waals surface area contributed by atoms with Crippen LogP contribution in [0.2, 0.25) is 0 Å².